The van der Waals surface area contributed by atoms with Gasteiger partial charge in [-0.05, 0) is 60.6 Å². The molecule has 0 aliphatic heterocycles. The topological polar surface area (TPSA) is 98.0 Å². The molecule has 1 aliphatic carbocycles. The molecule has 3 aromatic rings. The van der Waals surface area contributed by atoms with Gasteiger partial charge in [-0.15, -0.1) is 0 Å². The first-order chi connectivity index (χ1) is 13.4. The van der Waals surface area contributed by atoms with Crippen molar-refractivity contribution >= 4 is 10.0 Å². The van der Waals surface area contributed by atoms with Crippen LogP contribution in [0.2, 0.25) is 0 Å². The number of hydrogen-bond acceptors (Lipinski definition) is 6. The van der Waals surface area contributed by atoms with Crippen LogP contribution in [0.25, 0.3) is 11.4 Å². The van der Waals surface area contributed by atoms with Crippen molar-refractivity contribution in [1.82, 2.24) is 19.8 Å². The zero-order chi connectivity index (χ0) is 19.7. The quantitative estimate of drug-likeness (QED) is 0.684. The molecule has 2 aromatic heterocycles. The molecule has 146 valence electrons. The molecule has 0 saturated heterocycles. The number of nitrogens with one attached hydrogen (secondary N) is 1. The average Bonchev–Trinajstić information content (AvgIpc) is 3.35. The lowest BCUT2D eigenvalue weighted by atomic mass is 10.1. The Labute approximate surface area is 164 Å². The van der Waals surface area contributed by atoms with Crippen LogP contribution in [0.4, 0.5) is 0 Å². The van der Waals surface area contributed by atoms with Gasteiger partial charge in [0.1, 0.15) is 6.04 Å². The predicted octanol–water partition coefficient (Wildman–Crippen LogP) is 3.30. The molecule has 1 atom stereocenters. The molecule has 0 radical (unpaired) electrons. The van der Waals surface area contributed by atoms with E-state index in [2.05, 4.69) is 19.8 Å². The minimum atomic E-state index is -3.72. The predicted molar refractivity (Wildman–Crippen MR) is 104 cm³/mol. The summed E-state index contributed by atoms with van der Waals surface area (Å²) in [5.74, 6) is 0.537. The van der Waals surface area contributed by atoms with E-state index in [0.29, 0.717) is 11.4 Å². The number of rotatable bonds is 6. The lowest BCUT2D eigenvalue weighted by molar-refractivity contribution is 0.311. The number of sulfonamides is 1. The Kier molecular flexibility index (Phi) is 4.99. The van der Waals surface area contributed by atoms with E-state index in [-0.39, 0.29) is 16.7 Å². The van der Waals surface area contributed by atoms with E-state index in [1.54, 1.807) is 30.6 Å². The number of aryl methyl sites for hydroxylation is 2. The van der Waals surface area contributed by atoms with Crippen molar-refractivity contribution < 1.29 is 12.9 Å². The van der Waals surface area contributed by atoms with Gasteiger partial charge in [0.2, 0.25) is 21.7 Å². The van der Waals surface area contributed by atoms with Crippen LogP contribution in [0.3, 0.4) is 0 Å². The van der Waals surface area contributed by atoms with Crippen LogP contribution < -0.4 is 4.72 Å². The van der Waals surface area contributed by atoms with E-state index in [1.807, 2.05) is 26.0 Å². The van der Waals surface area contributed by atoms with Gasteiger partial charge in [0.25, 0.3) is 0 Å². The molecule has 0 saturated carbocycles. The molecule has 1 N–H and O–H groups in total. The highest BCUT2D eigenvalue weighted by Crippen LogP contribution is 2.28. The Balaban J connectivity index is 1.61. The Morgan fingerprint density at radius 2 is 1.96 bits per heavy atom. The smallest absolute Gasteiger partial charge is 0.245 e. The van der Waals surface area contributed by atoms with Crippen molar-refractivity contribution in [1.29, 1.82) is 0 Å². The molecule has 7 nitrogen and oxygen atoms in total. The van der Waals surface area contributed by atoms with Gasteiger partial charge in [-0.3, -0.25) is 4.98 Å². The lowest BCUT2D eigenvalue weighted by Gasteiger charge is -2.19. The second kappa shape index (κ2) is 7.44. The zero-order valence-electron chi connectivity index (χ0n) is 15.8. The second-order valence-electron chi connectivity index (χ2n) is 7.32. The van der Waals surface area contributed by atoms with E-state index in [9.17, 15) is 8.42 Å². The third-order valence-electron chi connectivity index (χ3n) is 4.96. The maximum Gasteiger partial charge on any atom is 0.245 e. The Bertz CT molecular complexity index is 1080. The van der Waals surface area contributed by atoms with Crippen molar-refractivity contribution in [2.24, 2.45) is 5.92 Å². The van der Waals surface area contributed by atoms with Crippen LogP contribution in [0.15, 0.2) is 52.1 Å². The molecule has 4 rings (SSSR count). The molecule has 8 heteroatoms. The number of hydrogen-bond donors (Lipinski definition) is 1. The first-order valence-electron chi connectivity index (χ1n) is 9.32. The molecule has 2 heterocycles. The molecule has 1 aliphatic rings. The fraction of sp³-hybridized carbons (Fsp3) is 0.350. The van der Waals surface area contributed by atoms with Crippen LogP contribution in [-0.4, -0.2) is 23.5 Å². The van der Waals surface area contributed by atoms with Gasteiger partial charge in [0, 0.05) is 18.0 Å². The van der Waals surface area contributed by atoms with Crippen molar-refractivity contribution in [3.63, 3.8) is 0 Å². The Hall–Kier alpha value is -2.58. The summed E-state index contributed by atoms with van der Waals surface area (Å²) in [6, 6.07) is 8.32. The molecular weight excluding hydrogens is 376 g/mol. The molecular formula is C20H22N4O3S. The largest absolute Gasteiger partial charge is 0.337 e. The van der Waals surface area contributed by atoms with Gasteiger partial charge in [-0.1, -0.05) is 25.1 Å². The van der Waals surface area contributed by atoms with Gasteiger partial charge in [0.15, 0.2) is 0 Å². The first kappa shape index (κ1) is 18.8. The maximum absolute atomic E-state index is 13.0. The molecule has 0 unspecified atom stereocenters. The summed E-state index contributed by atoms with van der Waals surface area (Å²) in [4.78, 5) is 8.71. The van der Waals surface area contributed by atoms with E-state index >= 15 is 0 Å². The summed E-state index contributed by atoms with van der Waals surface area (Å²) in [6.45, 7) is 3.81. The summed E-state index contributed by atoms with van der Waals surface area (Å²) < 4.78 is 34.1. The number of aromatic nitrogens is 3. The fourth-order valence-corrected chi connectivity index (χ4v) is 4.78. The lowest BCUT2D eigenvalue weighted by Crippen LogP contribution is -2.32. The minimum Gasteiger partial charge on any atom is -0.337 e. The number of fused-ring (bicyclic) bond motifs is 1. The summed E-state index contributed by atoms with van der Waals surface area (Å²) in [7, 11) is -3.72. The van der Waals surface area contributed by atoms with Gasteiger partial charge in [-0.25, -0.2) is 8.42 Å². The summed E-state index contributed by atoms with van der Waals surface area (Å²) in [5.41, 5.74) is 3.06. The summed E-state index contributed by atoms with van der Waals surface area (Å²) >= 11 is 0. The Morgan fingerprint density at radius 3 is 2.71 bits per heavy atom. The fourth-order valence-electron chi connectivity index (χ4n) is 3.40. The average molecular weight is 398 g/mol. The van der Waals surface area contributed by atoms with Crippen molar-refractivity contribution in [2.75, 3.05) is 0 Å². The normalized spacial score (nSPS) is 15.0. The van der Waals surface area contributed by atoms with E-state index in [1.165, 1.54) is 5.56 Å². The van der Waals surface area contributed by atoms with Gasteiger partial charge < -0.3 is 4.52 Å². The number of benzene rings is 1. The molecule has 0 fully saturated rings. The third kappa shape index (κ3) is 3.70. The molecule has 28 heavy (non-hydrogen) atoms. The van der Waals surface area contributed by atoms with Crippen LogP contribution in [0.5, 0.6) is 0 Å². The molecule has 0 amide bonds. The summed E-state index contributed by atoms with van der Waals surface area (Å²) in [5, 5.41) is 3.98. The highest BCUT2D eigenvalue weighted by Gasteiger charge is 2.29. The van der Waals surface area contributed by atoms with Gasteiger partial charge in [0.05, 0.1) is 4.90 Å². The highest BCUT2D eigenvalue weighted by molar-refractivity contribution is 7.89. The third-order valence-corrected chi connectivity index (χ3v) is 6.40. The van der Waals surface area contributed by atoms with Gasteiger partial charge >= 0.3 is 0 Å². The van der Waals surface area contributed by atoms with E-state index < -0.39 is 16.1 Å². The standard InChI is InChI=1S/C20H22N4O3S/c1-13(2)18(20-22-19(23-27-20)16-7-4-10-21-12-16)24-28(25,26)17-9-8-14-5-3-6-15(14)11-17/h4,7-13,18,24H,3,5-6H2,1-2H3/t18-/m1/s1. The first-order valence-corrected chi connectivity index (χ1v) is 10.8. The SMILES string of the molecule is CC(C)[C@@H](NS(=O)(=O)c1ccc2c(c1)CCC2)c1nc(-c2cccnc2)no1. The van der Waals surface area contributed by atoms with Gasteiger partial charge in [-0.2, -0.15) is 9.71 Å². The van der Waals surface area contributed by atoms with Crippen LogP contribution in [0, 0.1) is 5.92 Å². The minimum absolute atomic E-state index is 0.0774. The summed E-state index contributed by atoms with van der Waals surface area (Å²) in [6.07, 6.45) is 6.29. The van der Waals surface area contributed by atoms with E-state index in [4.69, 9.17) is 4.52 Å². The van der Waals surface area contributed by atoms with Crippen molar-refractivity contribution in [2.45, 2.75) is 44.0 Å². The second-order valence-corrected chi connectivity index (χ2v) is 9.04. The van der Waals surface area contributed by atoms with Crippen molar-refractivity contribution in [3.05, 3.63) is 59.7 Å². The van der Waals surface area contributed by atoms with Crippen LogP contribution in [-0.2, 0) is 22.9 Å². The van der Waals surface area contributed by atoms with E-state index in [0.717, 1.165) is 24.8 Å². The maximum atomic E-state index is 13.0. The van der Waals surface area contributed by atoms with Crippen LogP contribution in [0.1, 0.15) is 43.3 Å². The molecule has 0 spiro atoms. The molecule has 1 aromatic carbocycles. The molecule has 0 bridgehead atoms. The Morgan fingerprint density at radius 1 is 1.14 bits per heavy atom. The van der Waals surface area contributed by atoms with Crippen LogP contribution >= 0.6 is 0 Å². The van der Waals surface area contributed by atoms with Crippen molar-refractivity contribution in [3.8, 4) is 11.4 Å². The highest BCUT2D eigenvalue weighted by atomic mass is 32.2. The number of pyridine rings is 1. The number of nitrogens with zero attached hydrogens (tertiary/aromatic N) is 3. The monoisotopic (exact) mass is 398 g/mol. The zero-order valence-corrected chi connectivity index (χ0v) is 16.6.